The van der Waals surface area contributed by atoms with Crippen LogP contribution >= 0.6 is 27.7 Å². The van der Waals surface area contributed by atoms with Gasteiger partial charge in [0.15, 0.2) is 6.61 Å². The summed E-state index contributed by atoms with van der Waals surface area (Å²) in [5, 5.41) is 2.63. The molecule has 0 atom stereocenters. The summed E-state index contributed by atoms with van der Waals surface area (Å²) >= 11 is 4.68. The van der Waals surface area contributed by atoms with E-state index >= 15 is 0 Å². The van der Waals surface area contributed by atoms with E-state index in [1.807, 2.05) is 24.3 Å². The highest BCUT2D eigenvalue weighted by Gasteiger charge is 2.17. The molecule has 2 amide bonds. The summed E-state index contributed by atoms with van der Waals surface area (Å²) in [4.78, 5) is 37.5. The van der Waals surface area contributed by atoms with Gasteiger partial charge in [-0.1, -0.05) is 15.9 Å². The van der Waals surface area contributed by atoms with E-state index in [2.05, 4.69) is 21.2 Å². The fourth-order valence-corrected chi connectivity index (χ4v) is 2.71. The summed E-state index contributed by atoms with van der Waals surface area (Å²) in [6.07, 6.45) is 0. The van der Waals surface area contributed by atoms with Gasteiger partial charge < -0.3 is 15.0 Å². The van der Waals surface area contributed by atoms with Gasteiger partial charge in [-0.3, -0.25) is 14.4 Å². The maximum atomic E-state index is 12.0. The Morgan fingerprint density at radius 3 is 2.46 bits per heavy atom. The molecule has 6 nitrogen and oxygen atoms in total. The number of esters is 1. The summed E-state index contributed by atoms with van der Waals surface area (Å²) in [5.74, 6) is -0.960. The van der Waals surface area contributed by atoms with E-state index in [0.29, 0.717) is 13.1 Å². The molecule has 0 aliphatic rings. The number of carbonyl (C=O) groups is 3. The average molecular weight is 417 g/mol. The van der Waals surface area contributed by atoms with Crippen molar-refractivity contribution in [1.29, 1.82) is 0 Å². The Bertz CT molecular complexity index is 566. The van der Waals surface area contributed by atoms with Crippen molar-refractivity contribution in [3.63, 3.8) is 0 Å². The van der Waals surface area contributed by atoms with E-state index in [9.17, 15) is 14.4 Å². The van der Waals surface area contributed by atoms with Crippen LogP contribution in [0.3, 0.4) is 0 Å². The first-order valence-electron chi connectivity index (χ1n) is 7.54. The van der Waals surface area contributed by atoms with Gasteiger partial charge in [-0.05, 0) is 38.1 Å². The third-order valence-electron chi connectivity index (χ3n) is 2.97. The van der Waals surface area contributed by atoms with Crippen LogP contribution in [-0.4, -0.2) is 54.7 Å². The van der Waals surface area contributed by atoms with Crippen molar-refractivity contribution in [2.24, 2.45) is 0 Å². The number of hydrogen-bond acceptors (Lipinski definition) is 5. The number of benzene rings is 1. The number of rotatable bonds is 9. The molecule has 0 saturated heterocycles. The minimum Gasteiger partial charge on any atom is -0.455 e. The third kappa shape index (κ3) is 7.83. The zero-order valence-electron chi connectivity index (χ0n) is 13.7. The monoisotopic (exact) mass is 416 g/mol. The van der Waals surface area contributed by atoms with Crippen LogP contribution in [0.15, 0.2) is 33.6 Å². The first kappa shape index (κ1) is 20.5. The molecule has 0 fully saturated rings. The summed E-state index contributed by atoms with van der Waals surface area (Å²) in [7, 11) is 0. The van der Waals surface area contributed by atoms with Crippen molar-refractivity contribution >= 4 is 45.5 Å². The van der Waals surface area contributed by atoms with Crippen molar-refractivity contribution in [3.8, 4) is 0 Å². The smallest absolute Gasteiger partial charge is 0.316 e. The van der Waals surface area contributed by atoms with Crippen molar-refractivity contribution < 1.29 is 19.1 Å². The molecule has 0 aliphatic heterocycles. The number of thioether (sulfide) groups is 1. The lowest BCUT2D eigenvalue weighted by Gasteiger charge is -2.19. The second-order valence-corrected chi connectivity index (χ2v) is 6.73. The van der Waals surface area contributed by atoms with E-state index in [0.717, 1.165) is 9.37 Å². The topological polar surface area (TPSA) is 75.7 Å². The van der Waals surface area contributed by atoms with Crippen molar-refractivity contribution in [2.75, 3.05) is 32.0 Å². The molecule has 24 heavy (non-hydrogen) atoms. The van der Waals surface area contributed by atoms with Crippen LogP contribution in [0.1, 0.15) is 13.8 Å². The van der Waals surface area contributed by atoms with Gasteiger partial charge >= 0.3 is 5.97 Å². The highest BCUT2D eigenvalue weighted by molar-refractivity contribution is 9.10. The summed E-state index contributed by atoms with van der Waals surface area (Å²) in [5.41, 5.74) is 0. The molecule has 0 spiro atoms. The number of halogens is 1. The Morgan fingerprint density at radius 1 is 1.21 bits per heavy atom. The number of hydrogen-bond donors (Lipinski definition) is 1. The molecule has 0 aliphatic carbocycles. The number of amides is 2. The number of nitrogens with zero attached hydrogens (tertiary/aromatic N) is 1. The molecule has 1 rings (SSSR count). The zero-order chi connectivity index (χ0) is 17.9. The van der Waals surface area contributed by atoms with Crippen LogP contribution in [0, 0.1) is 0 Å². The molecule has 132 valence electrons. The van der Waals surface area contributed by atoms with Crippen LogP contribution in [0.25, 0.3) is 0 Å². The summed E-state index contributed by atoms with van der Waals surface area (Å²) in [6.45, 7) is 4.07. The molecule has 1 N–H and O–H groups in total. The van der Waals surface area contributed by atoms with Gasteiger partial charge in [-0.25, -0.2) is 0 Å². The quantitative estimate of drug-likeness (QED) is 0.492. The maximum absolute atomic E-state index is 12.0. The van der Waals surface area contributed by atoms with Gasteiger partial charge in [0.05, 0.1) is 12.3 Å². The molecule has 0 bridgehead atoms. The Labute approximate surface area is 154 Å². The van der Waals surface area contributed by atoms with Crippen molar-refractivity contribution in [2.45, 2.75) is 18.7 Å². The van der Waals surface area contributed by atoms with Gasteiger partial charge in [0, 0.05) is 22.5 Å². The highest BCUT2D eigenvalue weighted by Crippen LogP contribution is 2.20. The molecular weight excluding hydrogens is 396 g/mol. The second-order valence-electron chi connectivity index (χ2n) is 4.76. The average Bonchev–Trinajstić information content (AvgIpc) is 2.57. The third-order valence-corrected chi connectivity index (χ3v) is 4.48. The number of carbonyl (C=O) groups excluding carboxylic acids is 3. The molecule has 0 saturated carbocycles. The minimum atomic E-state index is -0.467. The predicted octanol–water partition coefficient (Wildman–Crippen LogP) is 2.07. The molecule has 0 radical (unpaired) electrons. The second kappa shape index (κ2) is 11.1. The van der Waals surface area contributed by atoms with Gasteiger partial charge in [-0.15, -0.1) is 11.8 Å². The number of likely N-dealkylation sites (N-methyl/N-ethyl adjacent to an activating group) is 2. The lowest BCUT2D eigenvalue weighted by atomic mass is 10.4. The number of ether oxygens (including phenoxy) is 1. The van der Waals surface area contributed by atoms with Gasteiger partial charge in [0.2, 0.25) is 5.91 Å². The summed E-state index contributed by atoms with van der Waals surface area (Å²) in [6, 6.07) is 7.55. The molecular formula is C16H21BrN2O4S. The van der Waals surface area contributed by atoms with E-state index in [1.54, 1.807) is 13.8 Å². The fourth-order valence-electron chi connectivity index (χ4n) is 1.75. The Hall–Kier alpha value is -1.54. The van der Waals surface area contributed by atoms with E-state index < -0.39 is 5.97 Å². The zero-order valence-corrected chi connectivity index (χ0v) is 16.1. The lowest BCUT2D eigenvalue weighted by Crippen LogP contribution is -2.42. The first-order valence-corrected chi connectivity index (χ1v) is 9.32. The SMILES string of the molecule is CCNC(=O)CN(CC)C(=O)COC(=O)CSc1ccc(Br)cc1. The highest BCUT2D eigenvalue weighted by atomic mass is 79.9. The number of nitrogens with one attached hydrogen (secondary N) is 1. The minimum absolute atomic E-state index is 0.0334. The van der Waals surface area contributed by atoms with Gasteiger partial charge in [0.1, 0.15) is 0 Å². The molecule has 8 heteroatoms. The van der Waals surface area contributed by atoms with Crippen molar-refractivity contribution in [1.82, 2.24) is 10.2 Å². The van der Waals surface area contributed by atoms with Crippen LogP contribution < -0.4 is 5.32 Å². The predicted molar refractivity (Wildman–Crippen MR) is 96.8 cm³/mol. The van der Waals surface area contributed by atoms with Crippen LogP contribution in [-0.2, 0) is 19.1 Å². The molecule has 0 aromatic heterocycles. The lowest BCUT2D eigenvalue weighted by molar-refractivity contribution is -0.150. The largest absolute Gasteiger partial charge is 0.455 e. The molecule has 0 unspecified atom stereocenters. The van der Waals surface area contributed by atoms with Crippen LogP contribution in [0.2, 0.25) is 0 Å². The Balaban J connectivity index is 2.34. The maximum Gasteiger partial charge on any atom is 0.316 e. The normalized spacial score (nSPS) is 10.1. The van der Waals surface area contributed by atoms with Crippen LogP contribution in [0.4, 0.5) is 0 Å². The van der Waals surface area contributed by atoms with Crippen molar-refractivity contribution in [3.05, 3.63) is 28.7 Å². The van der Waals surface area contributed by atoms with E-state index in [1.165, 1.54) is 16.7 Å². The molecule has 1 aromatic carbocycles. The van der Waals surface area contributed by atoms with E-state index in [4.69, 9.17) is 4.74 Å². The molecule has 0 heterocycles. The first-order chi connectivity index (χ1) is 11.5. The van der Waals surface area contributed by atoms with Crippen LogP contribution in [0.5, 0.6) is 0 Å². The summed E-state index contributed by atoms with van der Waals surface area (Å²) < 4.78 is 5.95. The van der Waals surface area contributed by atoms with Gasteiger partial charge in [0.25, 0.3) is 5.91 Å². The fraction of sp³-hybridized carbons (Fsp3) is 0.438. The van der Waals surface area contributed by atoms with Gasteiger partial charge in [-0.2, -0.15) is 0 Å². The van der Waals surface area contributed by atoms with E-state index in [-0.39, 0.29) is 30.7 Å². The standard InChI is InChI=1S/C16H21BrN2O4S/c1-3-18-14(20)9-19(4-2)15(21)10-23-16(22)11-24-13-7-5-12(17)6-8-13/h5-8H,3-4,9-11H2,1-2H3,(H,18,20). The Kier molecular flexibility index (Phi) is 9.48. The Morgan fingerprint density at radius 2 is 1.88 bits per heavy atom. The molecule has 1 aromatic rings.